The van der Waals surface area contributed by atoms with Gasteiger partial charge in [0.05, 0.1) is 5.02 Å². The van der Waals surface area contributed by atoms with E-state index in [1.807, 2.05) is 13.8 Å². The molecule has 2 amide bonds. The van der Waals surface area contributed by atoms with E-state index in [4.69, 9.17) is 11.6 Å². The summed E-state index contributed by atoms with van der Waals surface area (Å²) in [5.41, 5.74) is 0.512. The fraction of sp³-hybridized carbons (Fsp3) is 0.429. The van der Waals surface area contributed by atoms with Gasteiger partial charge in [0.15, 0.2) is 0 Å². The lowest BCUT2D eigenvalue weighted by Gasteiger charge is -2.16. The zero-order valence-corrected chi connectivity index (χ0v) is 12.5. The van der Waals surface area contributed by atoms with Crippen molar-refractivity contribution in [3.63, 3.8) is 0 Å². The number of benzene rings is 1. The summed E-state index contributed by atoms with van der Waals surface area (Å²) in [6.45, 7) is 4.43. The summed E-state index contributed by atoms with van der Waals surface area (Å²) in [4.78, 5) is 25.0. The lowest BCUT2D eigenvalue weighted by atomic mass is 10.1. The van der Waals surface area contributed by atoms with Gasteiger partial charge < -0.3 is 10.2 Å². The summed E-state index contributed by atoms with van der Waals surface area (Å²) in [6.07, 6.45) is 0.452. The molecule has 0 aromatic heterocycles. The molecule has 1 aromatic carbocycles. The van der Waals surface area contributed by atoms with Crippen LogP contribution >= 0.6 is 11.6 Å². The average Bonchev–Trinajstić information content (AvgIpc) is 2.85. The Balaban J connectivity index is 0.000000956. The van der Waals surface area contributed by atoms with Crippen LogP contribution in [0.1, 0.15) is 20.3 Å². The molecular formula is C14H18ClFN2O2. The number of hydrogen-bond donors (Lipinski definition) is 1. The molecule has 1 atom stereocenters. The smallest absolute Gasteiger partial charge is 0.239 e. The van der Waals surface area contributed by atoms with E-state index in [1.165, 1.54) is 30.1 Å². The van der Waals surface area contributed by atoms with E-state index in [-0.39, 0.29) is 16.8 Å². The zero-order chi connectivity index (χ0) is 15.3. The van der Waals surface area contributed by atoms with Crippen LogP contribution in [0.5, 0.6) is 0 Å². The maximum absolute atomic E-state index is 13.0. The van der Waals surface area contributed by atoms with Crippen LogP contribution in [0, 0.1) is 11.7 Å². The molecule has 0 aliphatic carbocycles. The van der Waals surface area contributed by atoms with Crippen LogP contribution < -0.4 is 10.2 Å². The van der Waals surface area contributed by atoms with Crippen molar-refractivity contribution in [3.8, 4) is 0 Å². The highest BCUT2D eigenvalue weighted by Crippen LogP contribution is 2.28. The van der Waals surface area contributed by atoms with Gasteiger partial charge in [-0.3, -0.25) is 9.59 Å². The molecule has 1 saturated heterocycles. The molecule has 1 N–H and O–H groups in total. The summed E-state index contributed by atoms with van der Waals surface area (Å²) in [5, 5.41) is 2.42. The normalized spacial score (nSPS) is 17.6. The van der Waals surface area contributed by atoms with Gasteiger partial charge in [0.25, 0.3) is 0 Å². The molecule has 110 valence electrons. The first kappa shape index (κ1) is 16.4. The second-order valence-electron chi connectivity index (χ2n) is 4.04. The number of carbonyl (C=O) groups is 2. The summed E-state index contributed by atoms with van der Waals surface area (Å²) in [5.74, 6) is -1.78. The lowest BCUT2D eigenvalue weighted by molar-refractivity contribution is -0.131. The maximum Gasteiger partial charge on any atom is 0.239 e. The number of nitrogens with zero attached hydrogens (tertiary/aromatic N) is 1. The van der Waals surface area contributed by atoms with Crippen LogP contribution in [-0.4, -0.2) is 25.4 Å². The molecule has 20 heavy (non-hydrogen) atoms. The van der Waals surface area contributed by atoms with Gasteiger partial charge in [0.2, 0.25) is 11.8 Å². The van der Waals surface area contributed by atoms with Gasteiger partial charge in [-0.15, -0.1) is 0 Å². The summed E-state index contributed by atoms with van der Waals surface area (Å²) >= 11 is 5.67. The van der Waals surface area contributed by atoms with Crippen LogP contribution in [0.15, 0.2) is 18.2 Å². The Morgan fingerprint density at radius 1 is 1.45 bits per heavy atom. The van der Waals surface area contributed by atoms with Gasteiger partial charge >= 0.3 is 0 Å². The second kappa shape index (κ2) is 7.24. The molecule has 6 heteroatoms. The number of nitrogens with one attached hydrogen (secondary N) is 1. The van der Waals surface area contributed by atoms with E-state index < -0.39 is 11.7 Å². The molecule has 1 heterocycles. The Bertz CT molecular complexity index is 508. The Labute approximate surface area is 122 Å². The van der Waals surface area contributed by atoms with Gasteiger partial charge in [-0.1, -0.05) is 25.4 Å². The summed E-state index contributed by atoms with van der Waals surface area (Å²) < 4.78 is 13.0. The number of hydrogen-bond acceptors (Lipinski definition) is 2. The predicted octanol–water partition coefficient (Wildman–Crippen LogP) is 2.60. The van der Waals surface area contributed by atoms with Crippen molar-refractivity contribution in [1.29, 1.82) is 0 Å². The zero-order valence-electron chi connectivity index (χ0n) is 11.7. The molecule has 0 bridgehead atoms. The van der Waals surface area contributed by atoms with E-state index >= 15 is 0 Å². The van der Waals surface area contributed by atoms with E-state index in [0.29, 0.717) is 18.7 Å². The van der Waals surface area contributed by atoms with Crippen molar-refractivity contribution in [2.24, 2.45) is 5.92 Å². The van der Waals surface area contributed by atoms with Crippen molar-refractivity contribution < 1.29 is 14.0 Å². The van der Waals surface area contributed by atoms with Crippen LogP contribution in [0.4, 0.5) is 10.1 Å². The summed E-state index contributed by atoms with van der Waals surface area (Å²) in [6, 6.07) is 4.07. The molecule has 1 fully saturated rings. The minimum absolute atomic E-state index is 0.0382. The number of amides is 2. The Morgan fingerprint density at radius 3 is 2.65 bits per heavy atom. The lowest BCUT2D eigenvalue weighted by Crippen LogP contribution is -2.35. The van der Waals surface area contributed by atoms with Gasteiger partial charge in [-0.25, -0.2) is 4.39 Å². The van der Waals surface area contributed by atoms with Crippen LogP contribution in [-0.2, 0) is 9.59 Å². The molecule has 1 aliphatic rings. The van der Waals surface area contributed by atoms with Gasteiger partial charge in [-0.2, -0.15) is 0 Å². The molecule has 1 aromatic rings. The van der Waals surface area contributed by atoms with Crippen LogP contribution in [0.2, 0.25) is 5.02 Å². The SMILES string of the molecule is CC.CNC(=O)C1CCN(c2ccc(F)c(Cl)c2)C1=O. The van der Waals surface area contributed by atoms with Gasteiger partial charge in [-0.05, 0) is 24.6 Å². The largest absolute Gasteiger partial charge is 0.358 e. The first-order valence-electron chi connectivity index (χ1n) is 6.52. The van der Waals surface area contributed by atoms with E-state index in [1.54, 1.807) is 0 Å². The average molecular weight is 301 g/mol. The third-order valence-corrected chi connectivity index (χ3v) is 3.27. The van der Waals surface area contributed by atoms with Crippen molar-refractivity contribution in [1.82, 2.24) is 5.32 Å². The minimum Gasteiger partial charge on any atom is -0.358 e. The second-order valence-corrected chi connectivity index (χ2v) is 4.45. The molecule has 0 radical (unpaired) electrons. The van der Waals surface area contributed by atoms with Crippen molar-refractivity contribution >= 4 is 29.1 Å². The molecule has 4 nitrogen and oxygen atoms in total. The highest BCUT2D eigenvalue weighted by molar-refractivity contribution is 6.31. The van der Waals surface area contributed by atoms with Crippen molar-refractivity contribution in [3.05, 3.63) is 29.0 Å². The molecule has 2 rings (SSSR count). The molecular weight excluding hydrogens is 283 g/mol. The summed E-state index contributed by atoms with van der Waals surface area (Å²) in [7, 11) is 1.49. The first-order valence-corrected chi connectivity index (χ1v) is 6.90. The molecule has 0 saturated carbocycles. The first-order chi connectivity index (χ1) is 9.54. The Hall–Kier alpha value is -1.62. The highest BCUT2D eigenvalue weighted by atomic mass is 35.5. The highest BCUT2D eigenvalue weighted by Gasteiger charge is 2.37. The maximum atomic E-state index is 13.0. The monoisotopic (exact) mass is 300 g/mol. The molecule has 1 unspecified atom stereocenters. The molecule has 1 aliphatic heterocycles. The van der Waals surface area contributed by atoms with Crippen molar-refractivity contribution in [2.45, 2.75) is 20.3 Å². The Morgan fingerprint density at radius 2 is 2.10 bits per heavy atom. The van der Waals surface area contributed by atoms with Gasteiger partial charge in [0, 0.05) is 19.3 Å². The van der Waals surface area contributed by atoms with Crippen LogP contribution in [0.25, 0.3) is 0 Å². The number of anilines is 1. The third kappa shape index (κ3) is 3.28. The predicted molar refractivity (Wildman–Crippen MR) is 77.3 cm³/mol. The minimum atomic E-state index is -0.668. The van der Waals surface area contributed by atoms with Gasteiger partial charge in [0.1, 0.15) is 11.7 Å². The Kier molecular flexibility index (Phi) is 5.95. The standard InChI is InChI=1S/C12H12ClFN2O2.C2H6/c1-15-11(17)8-4-5-16(12(8)18)7-2-3-10(14)9(13)6-7;1-2/h2-3,6,8H,4-5H2,1H3,(H,15,17);1-2H3. The fourth-order valence-electron chi connectivity index (χ4n) is 2.01. The number of carbonyl (C=O) groups excluding carboxylic acids is 2. The topological polar surface area (TPSA) is 49.4 Å². The quantitative estimate of drug-likeness (QED) is 0.854. The fourth-order valence-corrected chi connectivity index (χ4v) is 2.18. The molecule has 0 spiro atoms. The third-order valence-electron chi connectivity index (χ3n) is 2.98. The van der Waals surface area contributed by atoms with E-state index in [0.717, 1.165) is 0 Å². The van der Waals surface area contributed by atoms with Crippen LogP contribution in [0.3, 0.4) is 0 Å². The number of halogens is 2. The van der Waals surface area contributed by atoms with E-state index in [9.17, 15) is 14.0 Å². The van der Waals surface area contributed by atoms with Crippen molar-refractivity contribution in [2.75, 3.05) is 18.5 Å². The van der Waals surface area contributed by atoms with E-state index in [2.05, 4.69) is 5.32 Å². The number of rotatable bonds is 2.